The molecule has 84 valence electrons. The lowest BCUT2D eigenvalue weighted by atomic mass is 10.1. The second kappa shape index (κ2) is 5.98. The Kier molecular flexibility index (Phi) is 5.72. The van der Waals surface area contributed by atoms with E-state index in [0.717, 1.165) is 0 Å². The Morgan fingerprint density at radius 3 is 2.43 bits per heavy atom. The number of hydrogen-bond acceptors (Lipinski definition) is 4. The van der Waals surface area contributed by atoms with Crippen molar-refractivity contribution in [1.29, 1.82) is 0 Å². The molecular weight excluding hydrogens is 184 g/mol. The van der Waals surface area contributed by atoms with Crippen molar-refractivity contribution in [1.82, 2.24) is 0 Å². The quantitative estimate of drug-likeness (QED) is 0.651. The van der Waals surface area contributed by atoms with E-state index >= 15 is 0 Å². The Morgan fingerprint density at radius 2 is 2.00 bits per heavy atom. The van der Waals surface area contributed by atoms with Crippen LogP contribution in [0.2, 0.25) is 0 Å². The number of hydrogen-bond donors (Lipinski definition) is 2. The van der Waals surface area contributed by atoms with Crippen molar-refractivity contribution in [3.8, 4) is 0 Å². The molecule has 0 aromatic heterocycles. The van der Waals surface area contributed by atoms with E-state index in [2.05, 4.69) is 0 Å². The van der Waals surface area contributed by atoms with Crippen molar-refractivity contribution in [3.05, 3.63) is 0 Å². The second-order valence-corrected chi connectivity index (χ2v) is 4.32. The third kappa shape index (κ3) is 8.01. The Morgan fingerprint density at radius 1 is 1.43 bits per heavy atom. The van der Waals surface area contributed by atoms with Gasteiger partial charge in [-0.05, 0) is 33.6 Å². The van der Waals surface area contributed by atoms with Gasteiger partial charge in [0.1, 0.15) is 5.60 Å². The highest BCUT2D eigenvalue weighted by atomic mass is 16.6. The molecule has 0 aliphatic heterocycles. The topological polar surface area (TPSA) is 66.8 Å². The summed E-state index contributed by atoms with van der Waals surface area (Å²) in [6.07, 6.45) is 0.526. The minimum absolute atomic E-state index is 0.256. The van der Waals surface area contributed by atoms with Gasteiger partial charge in [0.2, 0.25) is 0 Å². The van der Waals surface area contributed by atoms with Crippen LogP contribution in [0.5, 0.6) is 0 Å². The molecule has 0 aromatic rings. The Bertz CT molecular complexity index is 171. The van der Waals surface area contributed by atoms with Crippen LogP contribution in [0.4, 0.5) is 0 Å². The number of carbonyl (C=O) groups is 1. The van der Waals surface area contributed by atoms with Crippen molar-refractivity contribution in [3.63, 3.8) is 0 Å². The highest BCUT2D eigenvalue weighted by Gasteiger charge is 2.15. The third-order valence-electron chi connectivity index (χ3n) is 1.55. The van der Waals surface area contributed by atoms with E-state index < -0.39 is 11.7 Å². The number of ether oxygens (including phenoxy) is 1. The SMILES string of the molecule is CC(C)(C)OC(=O)CCCC(O)CO. The molecule has 0 heterocycles. The van der Waals surface area contributed by atoms with Crippen molar-refractivity contribution in [2.24, 2.45) is 0 Å². The van der Waals surface area contributed by atoms with Crippen LogP contribution in [0.3, 0.4) is 0 Å². The summed E-state index contributed by atoms with van der Waals surface area (Å²) in [7, 11) is 0. The van der Waals surface area contributed by atoms with Crippen LogP contribution in [0, 0.1) is 0 Å². The summed E-state index contributed by atoms with van der Waals surface area (Å²) in [4.78, 5) is 11.2. The molecule has 1 atom stereocenters. The van der Waals surface area contributed by atoms with Gasteiger partial charge < -0.3 is 14.9 Å². The van der Waals surface area contributed by atoms with Crippen LogP contribution < -0.4 is 0 Å². The van der Waals surface area contributed by atoms with E-state index in [4.69, 9.17) is 14.9 Å². The lowest BCUT2D eigenvalue weighted by Gasteiger charge is -2.19. The van der Waals surface area contributed by atoms with Gasteiger partial charge >= 0.3 is 5.97 Å². The summed E-state index contributed by atoms with van der Waals surface area (Å²) in [6, 6.07) is 0. The molecule has 0 rings (SSSR count). The standard InChI is InChI=1S/C10H20O4/c1-10(2,3)14-9(13)6-4-5-8(12)7-11/h8,11-12H,4-7H2,1-3H3. The summed E-state index contributed by atoms with van der Waals surface area (Å²) in [6.45, 7) is 5.18. The van der Waals surface area contributed by atoms with Crippen LogP contribution >= 0.6 is 0 Å². The van der Waals surface area contributed by atoms with Gasteiger partial charge in [-0.2, -0.15) is 0 Å². The predicted octanol–water partition coefficient (Wildman–Crippen LogP) is 0.852. The van der Waals surface area contributed by atoms with Crippen LogP contribution in [-0.2, 0) is 9.53 Å². The third-order valence-corrected chi connectivity index (χ3v) is 1.55. The first kappa shape index (κ1) is 13.4. The average molecular weight is 204 g/mol. The van der Waals surface area contributed by atoms with Crippen molar-refractivity contribution in [2.45, 2.75) is 51.7 Å². The van der Waals surface area contributed by atoms with Crippen LogP contribution in [-0.4, -0.2) is 34.5 Å². The lowest BCUT2D eigenvalue weighted by Crippen LogP contribution is -2.24. The van der Waals surface area contributed by atoms with E-state index in [1.165, 1.54) is 0 Å². The smallest absolute Gasteiger partial charge is 0.306 e. The molecule has 1 unspecified atom stereocenters. The van der Waals surface area contributed by atoms with Crippen molar-refractivity contribution in [2.75, 3.05) is 6.61 Å². The van der Waals surface area contributed by atoms with E-state index in [-0.39, 0.29) is 19.0 Å². The molecular formula is C10H20O4. The number of carbonyl (C=O) groups excluding carboxylic acids is 1. The fraction of sp³-hybridized carbons (Fsp3) is 0.900. The first-order chi connectivity index (χ1) is 6.35. The Hall–Kier alpha value is -0.610. The minimum Gasteiger partial charge on any atom is -0.460 e. The van der Waals surface area contributed by atoms with Crippen LogP contribution in [0.15, 0.2) is 0 Å². The first-order valence-corrected chi connectivity index (χ1v) is 4.86. The number of esters is 1. The van der Waals surface area contributed by atoms with Crippen molar-refractivity contribution >= 4 is 5.97 Å². The molecule has 0 aliphatic carbocycles. The van der Waals surface area contributed by atoms with Gasteiger partial charge in [0.05, 0.1) is 12.7 Å². The summed E-state index contributed by atoms with van der Waals surface area (Å²) >= 11 is 0. The van der Waals surface area contributed by atoms with E-state index in [9.17, 15) is 4.79 Å². The normalized spacial score (nSPS) is 13.8. The first-order valence-electron chi connectivity index (χ1n) is 4.86. The Balaban J connectivity index is 3.55. The molecule has 0 aliphatic rings. The van der Waals surface area contributed by atoms with Gasteiger partial charge in [-0.3, -0.25) is 4.79 Å². The fourth-order valence-electron chi connectivity index (χ4n) is 0.966. The van der Waals surface area contributed by atoms with Crippen LogP contribution in [0.1, 0.15) is 40.0 Å². The largest absolute Gasteiger partial charge is 0.460 e. The summed E-state index contributed by atoms with van der Waals surface area (Å²) in [5.41, 5.74) is -0.452. The Labute approximate surface area is 84.9 Å². The maximum absolute atomic E-state index is 11.2. The van der Waals surface area contributed by atoms with Crippen LogP contribution in [0.25, 0.3) is 0 Å². The molecule has 2 N–H and O–H groups in total. The molecule has 0 bridgehead atoms. The van der Waals surface area contributed by atoms with Gasteiger partial charge in [-0.1, -0.05) is 0 Å². The van der Waals surface area contributed by atoms with Gasteiger partial charge in [0.25, 0.3) is 0 Å². The van der Waals surface area contributed by atoms with E-state index in [1.54, 1.807) is 0 Å². The van der Waals surface area contributed by atoms with Crippen molar-refractivity contribution < 1.29 is 19.7 Å². The monoisotopic (exact) mass is 204 g/mol. The molecule has 14 heavy (non-hydrogen) atoms. The predicted molar refractivity (Wildman–Crippen MR) is 52.8 cm³/mol. The molecule has 4 heteroatoms. The molecule has 0 fully saturated rings. The minimum atomic E-state index is -0.725. The summed E-state index contributed by atoms with van der Waals surface area (Å²) in [5, 5.41) is 17.5. The zero-order valence-electron chi connectivity index (χ0n) is 9.12. The average Bonchev–Trinajstić information content (AvgIpc) is 2.00. The molecule has 0 aromatic carbocycles. The van der Waals surface area contributed by atoms with E-state index in [0.29, 0.717) is 12.8 Å². The summed E-state index contributed by atoms with van der Waals surface area (Å²) < 4.78 is 5.07. The molecule has 0 saturated heterocycles. The lowest BCUT2D eigenvalue weighted by molar-refractivity contribution is -0.155. The molecule has 4 nitrogen and oxygen atoms in total. The van der Waals surface area contributed by atoms with Gasteiger partial charge in [0.15, 0.2) is 0 Å². The number of rotatable bonds is 5. The number of aliphatic hydroxyl groups is 2. The van der Waals surface area contributed by atoms with Gasteiger partial charge in [0, 0.05) is 6.42 Å². The highest BCUT2D eigenvalue weighted by Crippen LogP contribution is 2.10. The van der Waals surface area contributed by atoms with Gasteiger partial charge in [-0.15, -0.1) is 0 Å². The molecule has 0 amide bonds. The maximum atomic E-state index is 11.2. The second-order valence-electron chi connectivity index (χ2n) is 4.32. The maximum Gasteiger partial charge on any atom is 0.306 e. The molecule has 0 spiro atoms. The zero-order chi connectivity index (χ0) is 11.2. The van der Waals surface area contributed by atoms with Gasteiger partial charge in [-0.25, -0.2) is 0 Å². The highest BCUT2D eigenvalue weighted by molar-refractivity contribution is 5.69. The summed E-state index contributed by atoms with van der Waals surface area (Å²) in [5.74, 6) is -0.261. The van der Waals surface area contributed by atoms with E-state index in [1.807, 2.05) is 20.8 Å². The molecule has 0 saturated carbocycles. The zero-order valence-corrected chi connectivity index (χ0v) is 9.12. The number of aliphatic hydroxyl groups excluding tert-OH is 2. The molecule has 0 radical (unpaired) electrons. The fourth-order valence-corrected chi connectivity index (χ4v) is 0.966.